The summed E-state index contributed by atoms with van der Waals surface area (Å²) in [4.78, 5) is 16.8. The van der Waals surface area contributed by atoms with E-state index in [4.69, 9.17) is 10.5 Å². The molecule has 1 heterocycles. The number of carbonyl (C=O) groups excluding carboxylic acids is 1. The molecule has 2 N–H and O–H groups in total. The molecule has 0 aromatic heterocycles. The van der Waals surface area contributed by atoms with Gasteiger partial charge in [-0.1, -0.05) is 6.92 Å². The van der Waals surface area contributed by atoms with Crippen molar-refractivity contribution in [3.05, 3.63) is 0 Å². The average Bonchev–Trinajstić information content (AvgIpc) is 2.47. The summed E-state index contributed by atoms with van der Waals surface area (Å²) >= 11 is 0. The van der Waals surface area contributed by atoms with Gasteiger partial charge in [0.05, 0.1) is 6.61 Å². The van der Waals surface area contributed by atoms with Crippen molar-refractivity contribution in [1.82, 2.24) is 9.80 Å². The number of hydrogen-bond donors (Lipinski definition) is 1. The number of piperazine rings is 1. The zero-order valence-electron chi connectivity index (χ0n) is 14.2. The van der Waals surface area contributed by atoms with E-state index in [-0.39, 0.29) is 5.97 Å². The van der Waals surface area contributed by atoms with Crippen LogP contribution < -0.4 is 5.73 Å². The maximum Gasteiger partial charge on any atom is 0.325 e. The average molecular weight is 299 g/mol. The predicted octanol–water partition coefficient (Wildman–Crippen LogP) is 1.46. The summed E-state index contributed by atoms with van der Waals surface area (Å²) in [7, 11) is 0. The van der Waals surface area contributed by atoms with Gasteiger partial charge < -0.3 is 15.4 Å². The SMILES string of the molecule is CCOC(=O)C(C)(N)CCCN1CCN(C(C)CC)CC1. The maximum absolute atomic E-state index is 11.7. The topological polar surface area (TPSA) is 58.8 Å². The largest absolute Gasteiger partial charge is 0.465 e. The molecular formula is C16H33N3O2. The summed E-state index contributed by atoms with van der Waals surface area (Å²) in [5, 5.41) is 0. The lowest BCUT2D eigenvalue weighted by molar-refractivity contribution is -0.149. The van der Waals surface area contributed by atoms with E-state index in [1.54, 1.807) is 6.92 Å². The number of ether oxygens (including phenoxy) is 1. The lowest BCUT2D eigenvalue weighted by Gasteiger charge is -2.38. The Bertz CT molecular complexity index is 313. The number of carbonyl (C=O) groups is 1. The van der Waals surface area contributed by atoms with Crippen molar-refractivity contribution in [3.63, 3.8) is 0 Å². The molecule has 0 saturated carbocycles. The highest BCUT2D eigenvalue weighted by Crippen LogP contribution is 2.14. The summed E-state index contributed by atoms with van der Waals surface area (Å²) < 4.78 is 5.02. The Morgan fingerprint density at radius 3 is 2.43 bits per heavy atom. The minimum atomic E-state index is -0.853. The van der Waals surface area contributed by atoms with Crippen molar-refractivity contribution in [2.75, 3.05) is 39.3 Å². The third kappa shape index (κ3) is 5.93. The lowest BCUT2D eigenvalue weighted by atomic mass is 9.97. The van der Waals surface area contributed by atoms with Crippen molar-refractivity contribution in [2.45, 2.75) is 58.5 Å². The molecule has 2 atom stereocenters. The molecule has 1 rings (SSSR count). The van der Waals surface area contributed by atoms with E-state index in [9.17, 15) is 4.79 Å². The van der Waals surface area contributed by atoms with Gasteiger partial charge in [0.25, 0.3) is 0 Å². The van der Waals surface area contributed by atoms with Gasteiger partial charge in [-0.2, -0.15) is 0 Å². The molecule has 2 unspecified atom stereocenters. The van der Waals surface area contributed by atoms with Crippen LogP contribution in [0.1, 0.15) is 47.0 Å². The highest BCUT2D eigenvalue weighted by molar-refractivity contribution is 5.79. The van der Waals surface area contributed by atoms with Crippen LogP contribution in [0.25, 0.3) is 0 Å². The first kappa shape index (κ1) is 18.4. The van der Waals surface area contributed by atoms with Crippen LogP contribution in [0.2, 0.25) is 0 Å². The summed E-state index contributed by atoms with van der Waals surface area (Å²) in [6, 6.07) is 0.684. The minimum absolute atomic E-state index is 0.286. The molecule has 5 nitrogen and oxygen atoms in total. The van der Waals surface area contributed by atoms with E-state index >= 15 is 0 Å². The molecule has 5 heteroatoms. The van der Waals surface area contributed by atoms with Crippen molar-refractivity contribution >= 4 is 5.97 Å². The van der Waals surface area contributed by atoms with E-state index in [1.165, 1.54) is 6.42 Å². The fourth-order valence-electron chi connectivity index (χ4n) is 2.75. The molecular weight excluding hydrogens is 266 g/mol. The Morgan fingerprint density at radius 1 is 1.29 bits per heavy atom. The Balaban J connectivity index is 2.24. The van der Waals surface area contributed by atoms with Gasteiger partial charge in [0.1, 0.15) is 5.54 Å². The molecule has 1 aliphatic rings. The van der Waals surface area contributed by atoms with Crippen LogP contribution in [0.3, 0.4) is 0 Å². The monoisotopic (exact) mass is 299 g/mol. The van der Waals surface area contributed by atoms with Crippen LogP contribution in [0.5, 0.6) is 0 Å². The Kier molecular flexibility index (Phi) is 7.63. The van der Waals surface area contributed by atoms with Crippen LogP contribution in [-0.4, -0.2) is 66.7 Å². The second-order valence-corrected chi connectivity index (χ2v) is 6.38. The number of rotatable bonds is 8. The van der Waals surface area contributed by atoms with E-state index < -0.39 is 5.54 Å². The van der Waals surface area contributed by atoms with Gasteiger partial charge in [0.2, 0.25) is 0 Å². The van der Waals surface area contributed by atoms with Gasteiger partial charge in [0.15, 0.2) is 0 Å². The van der Waals surface area contributed by atoms with Crippen molar-refractivity contribution in [3.8, 4) is 0 Å². The summed E-state index contributed by atoms with van der Waals surface area (Å²) in [5.41, 5.74) is 5.19. The van der Waals surface area contributed by atoms with Crippen LogP contribution in [0.15, 0.2) is 0 Å². The van der Waals surface area contributed by atoms with E-state index in [2.05, 4.69) is 23.6 Å². The summed E-state index contributed by atoms with van der Waals surface area (Å²) in [5.74, 6) is -0.286. The van der Waals surface area contributed by atoms with Gasteiger partial charge in [-0.05, 0) is 46.6 Å². The first-order valence-electron chi connectivity index (χ1n) is 8.33. The second kappa shape index (κ2) is 8.71. The molecule has 21 heavy (non-hydrogen) atoms. The molecule has 0 radical (unpaired) electrons. The number of nitrogens with two attached hydrogens (primary N) is 1. The van der Waals surface area contributed by atoms with E-state index in [0.717, 1.165) is 39.1 Å². The van der Waals surface area contributed by atoms with Gasteiger partial charge in [0, 0.05) is 32.2 Å². The fraction of sp³-hybridized carbons (Fsp3) is 0.938. The number of nitrogens with zero attached hydrogens (tertiary/aromatic N) is 2. The molecule has 0 spiro atoms. The smallest absolute Gasteiger partial charge is 0.325 e. The standard InChI is InChI=1S/C16H33N3O2/c1-5-14(3)19-12-10-18(11-13-19)9-7-8-16(4,17)15(20)21-6-2/h14H,5-13,17H2,1-4H3. The fourth-order valence-corrected chi connectivity index (χ4v) is 2.75. The second-order valence-electron chi connectivity index (χ2n) is 6.38. The van der Waals surface area contributed by atoms with Crippen LogP contribution in [0.4, 0.5) is 0 Å². The summed E-state index contributed by atoms with van der Waals surface area (Å²) in [6.07, 6.45) is 2.83. The van der Waals surface area contributed by atoms with Crippen LogP contribution in [-0.2, 0) is 9.53 Å². The molecule has 1 fully saturated rings. The van der Waals surface area contributed by atoms with E-state index in [0.29, 0.717) is 19.1 Å². The highest BCUT2D eigenvalue weighted by atomic mass is 16.5. The molecule has 0 aromatic carbocycles. The normalized spacial score (nSPS) is 21.8. The lowest BCUT2D eigenvalue weighted by Crippen LogP contribution is -2.50. The Hall–Kier alpha value is -0.650. The maximum atomic E-state index is 11.7. The Labute approximate surface area is 129 Å². The molecule has 0 bridgehead atoms. The van der Waals surface area contributed by atoms with Crippen LogP contribution >= 0.6 is 0 Å². The predicted molar refractivity (Wildman–Crippen MR) is 86.2 cm³/mol. The number of esters is 1. The zero-order valence-corrected chi connectivity index (χ0v) is 14.2. The van der Waals surface area contributed by atoms with Crippen molar-refractivity contribution in [1.29, 1.82) is 0 Å². The minimum Gasteiger partial charge on any atom is -0.465 e. The van der Waals surface area contributed by atoms with Crippen LogP contribution in [0, 0.1) is 0 Å². The molecule has 1 saturated heterocycles. The third-order valence-corrected chi connectivity index (χ3v) is 4.53. The van der Waals surface area contributed by atoms with Crippen molar-refractivity contribution in [2.24, 2.45) is 5.73 Å². The van der Waals surface area contributed by atoms with Gasteiger partial charge in [-0.15, -0.1) is 0 Å². The summed E-state index contributed by atoms with van der Waals surface area (Å²) in [6.45, 7) is 14.1. The first-order chi connectivity index (χ1) is 9.90. The quantitative estimate of drug-likeness (QED) is 0.688. The van der Waals surface area contributed by atoms with Gasteiger partial charge in [-0.25, -0.2) is 0 Å². The molecule has 0 aromatic rings. The first-order valence-corrected chi connectivity index (χ1v) is 8.33. The Morgan fingerprint density at radius 2 is 1.90 bits per heavy atom. The molecule has 124 valence electrons. The highest BCUT2D eigenvalue weighted by Gasteiger charge is 2.29. The molecule has 0 amide bonds. The van der Waals surface area contributed by atoms with E-state index in [1.807, 2.05) is 6.92 Å². The van der Waals surface area contributed by atoms with Gasteiger partial charge in [-0.3, -0.25) is 9.69 Å². The van der Waals surface area contributed by atoms with Crippen molar-refractivity contribution < 1.29 is 9.53 Å². The number of hydrogen-bond acceptors (Lipinski definition) is 5. The molecule has 1 aliphatic heterocycles. The molecule has 0 aliphatic carbocycles. The van der Waals surface area contributed by atoms with Gasteiger partial charge >= 0.3 is 5.97 Å². The third-order valence-electron chi connectivity index (χ3n) is 4.53. The zero-order chi connectivity index (χ0) is 15.9.